The summed E-state index contributed by atoms with van der Waals surface area (Å²) in [6.07, 6.45) is 8.73. The monoisotopic (exact) mass is 157 g/mol. The van der Waals surface area contributed by atoms with Crippen molar-refractivity contribution in [3.05, 3.63) is 6.61 Å². The van der Waals surface area contributed by atoms with Gasteiger partial charge in [0.05, 0.1) is 6.61 Å². The number of hydrogen-bond acceptors (Lipinski definition) is 2. The van der Waals surface area contributed by atoms with Gasteiger partial charge in [-0.05, 0) is 12.8 Å². The van der Waals surface area contributed by atoms with Gasteiger partial charge >= 0.3 is 0 Å². The molecule has 2 nitrogen and oxygen atoms in total. The molecule has 0 spiro atoms. The highest BCUT2D eigenvalue weighted by atomic mass is 17.2. The standard InChI is InChI=1S/C9H17O2/c1-2-4-6-8-10-11-9-7-5-3-1/h8H,1-7,9H2. The van der Waals surface area contributed by atoms with E-state index in [4.69, 9.17) is 9.78 Å². The van der Waals surface area contributed by atoms with Crippen LogP contribution in [-0.4, -0.2) is 6.61 Å². The van der Waals surface area contributed by atoms with Crippen LogP contribution in [0.4, 0.5) is 0 Å². The van der Waals surface area contributed by atoms with Gasteiger partial charge in [0.25, 0.3) is 0 Å². The zero-order chi connectivity index (χ0) is 7.78. The molecule has 0 bridgehead atoms. The molecule has 0 saturated carbocycles. The van der Waals surface area contributed by atoms with Gasteiger partial charge in [-0.1, -0.05) is 32.1 Å². The molecule has 0 N–H and O–H groups in total. The van der Waals surface area contributed by atoms with E-state index in [1.165, 1.54) is 32.1 Å². The normalized spacial score (nSPS) is 24.0. The molecule has 0 aromatic heterocycles. The Morgan fingerprint density at radius 1 is 0.818 bits per heavy atom. The van der Waals surface area contributed by atoms with E-state index in [9.17, 15) is 0 Å². The molecule has 65 valence electrons. The van der Waals surface area contributed by atoms with Crippen molar-refractivity contribution in [1.29, 1.82) is 0 Å². The van der Waals surface area contributed by atoms with Crippen molar-refractivity contribution in [3.8, 4) is 0 Å². The summed E-state index contributed by atoms with van der Waals surface area (Å²) in [5.41, 5.74) is 0. The Balaban J connectivity index is 2.02. The zero-order valence-corrected chi connectivity index (χ0v) is 7.05. The molecule has 0 amide bonds. The summed E-state index contributed by atoms with van der Waals surface area (Å²) >= 11 is 0. The van der Waals surface area contributed by atoms with Gasteiger partial charge in [-0.15, -0.1) is 0 Å². The van der Waals surface area contributed by atoms with E-state index >= 15 is 0 Å². The molecule has 1 heterocycles. The van der Waals surface area contributed by atoms with Crippen LogP contribution in [0.3, 0.4) is 0 Å². The third kappa shape index (κ3) is 5.22. The minimum atomic E-state index is 0.747. The minimum Gasteiger partial charge on any atom is -0.236 e. The lowest BCUT2D eigenvalue weighted by Gasteiger charge is -2.00. The van der Waals surface area contributed by atoms with Gasteiger partial charge in [-0.25, -0.2) is 9.78 Å². The average molecular weight is 157 g/mol. The van der Waals surface area contributed by atoms with Crippen LogP contribution < -0.4 is 0 Å². The topological polar surface area (TPSA) is 18.5 Å². The van der Waals surface area contributed by atoms with Crippen molar-refractivity contribution in [1.82, 2.24) is 0 Å². The molecule has 1 rings (SSSR count). The van der Waals surface area contributed by atoms with E-state index < -0.39 is 0 Å². The van der Waals surface area contributed by atoms with Gasteiger partial charge < -0.3 is 0 Å². The predicted octanol–water partition coefficient (Wildman–Crippen LogP) is 2.84. The van der Waals surface area contributed by atoms with Crippen molar-refractivity contribution in [2.24, 2.45) is 0 Å². The van der Waals surface area contributed by atoms with Crippen LogP contribution in [0.1, 0.15) is 44.9 Å². The summed E-state index contributed by atoms with van der Waals surface area (Å²) in [6, 6.07) is 0. The largest absolute Gasteiger partial charge is 0.236 e. The Morgan fingerprint density at radius 3 is 2.45 bits per heavy atom. The van der Waals surface area contributed by atoms with E-state index in [0.717, 1.165) is 19.4 Å². The molecular weight excluding hydrogens is 140 g/mol. The highest BCUT2D eigenvalue weighted by Gasteiger charge is 1.96. The molecule has 1 saturated heterocycles. The second kappa shape index (κ2) is 6.62. The minimum absolute atomic E-state index is 0.747. The maximum Gasteiger partial charge on any atom is 0.122 e. The molecule has 1 aliphatic heterocycles. The van der Waals surface area contributed by atoms with Gasteiger partial charge in [0.2, 0.25) is 0 Å². The lowest BCUT2D eigenvalue weighted by atomic mass is 10.1. The van der Waals surface area contributed by atoms with E-state index in [2.05, 4.69) is 0 Å². The first kappa shape index (κ1) is 9.01. The highest BCUT2D eigenvalue weighted by molar-refractivity contribution is 4.51. The van der Waals surface area contributed by atoms with Gasteiger partial charge in [-0.3, -0.25) is 0 Å². The quantitative estimate of drug-likeness (QED) is 0.503. The van der Waals surface area contributed by atoms with Crippen molar-refractivity contribution < 1.29 is 9.78 Å². The number of hydrogen-bond donors (Lipinski definition) is 0. The third-order valence-electron chi connectivity index (χ3n) is 1.94. The fraction of sp³-hybridized carbons (Fsp3) is 0.889. The Morgan fingerprint density at radius 2 is 1.55 bits per heavy atom. The maximum absolute atomic E-state index is 4.91. The summed E-state index contributed by atoms with van der Waals surface area (Å²) in [5.74, 6) is 0. The van der Waals surface area contributed by atoms with E-state index in [1.807, 2.05) is 0 Å². The molecule has 0 aromatic carbocycles. The lowest BCUT2D eigenvalue weighted by Crippen LogP contribution is -1.93. The van der Waals surface area contributed by atoms with Gasteiger partial charge in [0.1, 0.15) is 6.61 Å². The van der Waals surface area contributed by atoms with Crippen LogP contribution in [0.5, 0.6) is 0 Å². The summed E-state index contributed by atoms with van der Waals surface area (Å²) < 4.78 is 0. The van der Waals surface area contributed by atoms with Crippen molar-refractivity contribution in [3.63, 3.8) is 0 Å². The van der Waals surface area contributed by atoms with Crippen LogP contribution >= 0.6 is 0 Å². The third-order valence-corrected chi connectivity index (χ3v) is 1.94. The molecule has 0 atom stereocenters. The summed E-state index contributed by atoms with van der Waals surface area (Å²) in [6.45, 7) is 2.52. The maximum atomic E-state index is 4.91. The molecule has 0 unspecified atom stereocenters. The number of rotatable bonds is 0. The Bertz CT molecular complexity index is 45.6. The zero-order valence-electron chi connectivity index (χ0n) is 7.05. The first-order valence-corrected chi connectivity index (χ1v) is 4.60. The van der Waals surface area contributed by atoms with Crippen molar-refractivity contribution >= 4 is 0 Å². The molecule has 0 aliphatic carbocycles. The van der Waals surface area contributed by atoms with E-state index in [0.29, 0.717) is 0 Å². The van der Waals surface area contributed by atoms with Crippen molar-refractivity contribution in [2.45, 2.75) is 44.9 Å². The fourth-order valence-corrected chi connectivity index (χ4v) is 1.24. The van der Waals surface area contributed by atoms with Crippen LogP contribution in [0.25, 0.3) is 0 Å². The molecule has 2 heteroatoms. The first-order valence-electron chi connectivity index (χ1n) is 4.60. The molecular formula is C9H17O2. The molecule has 1 aliphatic rings. The van der Waals surface area contributed by atoms with Crippen LogP contribution in [0.2, 0.25) is 0 Å². The van der Waals surface area contributed by atoms with Gasteiger partial charge in [0.15, 0.2) is 0 Å². The fourth-order valence-electron chi connectivity index (χ4n) is 1.24. The summed E-state index contributed by atoms with van der Waals surface area (Å²) in [4.78, 5) is 9.75. The highest BCUT2D eigenvalue weighted by Crippen LogP contribution is 2.10. The predicted molar refractivity (Wildman–Crippen MR) is 43.7 cm³/mol. The summed E-state index contributed by atoms with van der Waals surface area (Å²) in [5, 5.41) is 0. The Hall–Kier alpha value is -0.0800. The van der Waals surface area contributed by atoms with Gasteiger partial charge in [0, 0.05) is 0 Å². The van der Waals surface area contributed by atoms with Gasteiger partial charge in [-0.2, -0.15) is 0 Å². The van der Waals surface area contributed by atoms with Crippen molar-refractivity contribution in [2.75, 3.05) is 6.61 Å². The van der Waals surface area contributed by atoms with Crippen LogP contribution in [0.15, 0.2) is 0 Å². The SMILES string of the molecule is [CH]1CCCCCCCCOO1. The Labute approximate surface area is 68.8 Å². The van der Waals surface area contributed by atoms with Crippen LogP contribution in [0, 0.1) is 6.61 Å². The Kier molecular flexibility index (Phi) is 5.42. The lowest BCUT2D eigenvalue weighted by molar-refractivity contribution is -0.269. The molecule has 1 fully saturated rings. The average Bonchev–Trinajstić information content (AvgIpc) is 2.08. The van der Waals surface area contributed by atoms with E-state index in [-0.39, 0.29) is 0 Å². The molecule has 0 aromatic rings. The first-order chi connectivity index (χ1) is 5.50. The smallest absolute Gasteiger partial charge is 0.122 e. The molecule has 1 radical (unpaired) electrons. The second-order valence-corrected chi connectivity index (χ2v) is 2.99. The second-order valence-electron chi connectivity index (χ2n) is 2.99. The molecule has 11 heavy (non-hydrogen) atoms. The van der Waals surface area contributed by atoms with Crippen LogP contribution in [-0.2, 0) is 9.78 Å². The summed E-state index contributed by atoms with van der Waals surface area (Å²) in [7, 11) is 0. The van der Waals surface area contributed by atoms with E-state index in [1.54, 1.807) is 6.61 Å².